The van der Waals surface area contributed by atoms with Crippen LogP contribution < -0.4 is 10.5 Å². The van der Waals surface area contributed by atoms with Crippen LogP contribution in [0.15, 0.2) is 35.2 Å². The van der Waals surface area contributed by atoms with E-state index in [1.165, 1.54) is 0 Å². The van der Waals surface area contributed by atoms with Crippen molar-refractivity contribution in [2.45, 2.75) is 4.90 Å². The molecule has 9 heteroatoms. The molecule has 0 atom stereocenters. The predicted octanol–water partition coefficient (Wildman–Crippen LogP) is 3.14. The summed E-state index contributed by atoms with van der Waals surface area (Å²) in [6, 6.07) is 3.88. The van der Waals surface area contributed by atoms with E-state index in [0.29, 0.717) is 12.1 Å². The maximum Gasteiger partial charge on any atom is 0.264 e. The van der Waals surface area contributed by atoms with Crippen molar-refractivity contribution in [1.29, 1.82) is 0 Å². The molecular weight excluding hydrogens is 329 g/mol. The summed E-state index contributed by atoms with van der Waals surface area (Å²) in [7, 11) is -4.39. The molecule has 2 rings (SSSR count). The molecule has 0 spiro atoms. The Morgan fingerprint density at radius 1 is 1.05 bits per heavy atom. The Morgan fingerprint density at radius 2 is 1.71 bits per heavy atom. The summed E-state index contributed by atoms with van der Waals surface area (Å²) < 4.78 is 65.6. The van der Waals surface area contributed by atoms with Gasteiger partial charge in [-0.2, -0.15) is 0 Å². The molecule has 0 unspecified atom stereocenters. The van der Waals surface area contributed by atoms with Crippen molar-refractivity contribution in [3.63, 3.8) is 0 Å². The normalized spacial score (nSPS) is 11.4. The van der Waals surface area contributed by atoms with Crippen LogP contribution in [0.4, 0.5) is 24.5 Å². The van der Waals surface area contributed by atoms with Crippen molar-refractivity contribution in [3.8, 4) is 0 Å². The molecule has 0 fully saturated rings. The molecule has 0 heterocycles. The minimum atomic E-state index is -4.39. The van der Waals surface area contributed by atoms with Gasteiger partial charge in [-0.25, -0.2) is 21.6 Å². The third kappa shape index (κ3) is 3.22. The third-order valence-electron chi connectivity index (χ3n) is 2.51. The number of rotatable bonds is 3. The van der Waals surface area contributed by atoms with Gasteiger partial charge in [0.1, 0.15) is 22.2 Å². The maximum absolute atomic E-state index is 13.6. The number of anilines is 2. The van der Waals surface area contributed by atoms with E-state index in [2.05, 4.69) is 0 Å². The minimum Gasteiger partial charge on any atom is -0.398 e. The minimum absolute atomic E-state index is 0.234. The van der Waals surface area contributed by atoms with Crippen LogP contribution >= 0.6 is 11.6 Å². The van der Waals surface area contributed by atoms with Crippen molar-refractivity contribution < 1.29 is 21.6 Å². The topological polar surface area (TPSA) is 72.2 Å². The lowest BCUT2D eigenvalue weighted by Crippen LogP contribution is -2.16. The van der Waals surface area contributed by atoms with Gasteiger partial charge >= 0.3 is 0 Å². The molecule has 0 aliphatic rings. The number of benzene rings is 2. The Morgan fingerprint density at radius 3 is 2.33 bits per heavy atom. The van der Waals surface area contributed by atoms with Crippen LogP contribution in [0.2, 0.25) is 5.02 Å². The molecule has 0 saturated heterocycles. The van der Waals surface area contributed by atoms with Gasteiger partial charge in [0.2, 0.25) is 0 Å². The lowest BCUT2D eigenvalue weighted by atomic mass is 10.3. The fraction of sp³-hybridized carbons (Fsp3) is 0. The van der Waals surface area contributed by atoms with Crippen LogP contribution in [-0.4, -0.2) is 8.42 Å². The quantitative estimate of drug-likeness (QED) is 0.846. The number of nitrogens with two attached hydrogens (primary N) is 1. The molecule has 3 N–H and O–H groups in total. The Balaban J connectivity index is 2.50. The zero-order chi connectivity index (χ0) is 15.8. The summed E-state index contributed by atoms with van der Waals surface area (Å²) in [6.07, 6.45) is 0. The second-order valence-corrected chi connectivity index (χ2v) is 6.09. The second kappa shape index (κ2) is 5.45. The van der Waals surface area contributed by atoms with E-state index in [-0.39, 0.29) is 5.69 Å². The van der Waals surface area contributed by atoms with Crippen LogP contribution in [-0.2, 0) is 10.0 Å². The van der Waals surface area contributed by atoms with Gasteiger partial charge in [0, 0.05) is 6.07 Å². The van der Waals surface area contributed by atoms with Crippen LogP contribution in [0.1, 0.15) is 0 Å². The van der Waals surface area contributed by atoms with E-state index in [9.17, 15) is 21.6 Å². The number of nitrogen functional groups attached to an aromatic ring is 1. The molecule has 2 aromatic carbocycles. The monoisotopic (exact) mass is 336 g/mol. The van der Waals surface area contributed by atoms with E-state index < -0.39 is 43.1 Å². The number of nitrogens with one attached hydrogen (secondary N) is 1. The first-order chi connectivity index (χ1) is 9.70. The van der Waals surface area contributed by atoms with Crippen LogP contribution in [0, 0.1) is 17.5 Å². The predicted molar refractivity (Wildman–Crippen MR) is 73.0 cm³/mol. The van der Waals surface area contributed by atoms with Crippen LogP contribution in [0.5, 0.6) is 0 Å². The SMILES string of the molecule is Nc1ccc(F)cc1S(=O)(=O)Nc1c(F)cc(F)cc1Cl. The smallest absolute Gasteiger partial charge is 0.264 e. The van der Waals surface area contributed by atoms with Gasteiger partial charge in [-0.3, -0.25) is 4.72 Å². The molecule has 0 bridgehead atoms. The molecule has 0 aliphatic heterocycles. The summed E-state index contributed by atoms with van der Waals surface area (Å²) in [6.45, 7) is 0. The molecule has 0 aliphatic carbocycles. The van der Waals surface area contributed by atoms with Crippen molar-refractivity contribution in [2.24, 2.45) is 0 Å². The molecule has 0 aromatic heterocycles. The Labute approximate surface area is 123 Å². The zero-order valence-electron chi connectivity index (χ0n) is 10.2. The van der Waals surface area contributed by atoms with Gasteiger partial charge in [0.05, 0.1) is 10.7 Å². The highest BCUT2D eigenvalue weighted by Crippen LogP contribution is 2.30. The summed E-state index contributed by atoms with van der Waals surface area (Å²) in [5.41, 5.74) is 4.57. The average molecular weight is 337 g/mol. The van der Waals surface area contributed by atoms with E-state index in [1.807, 2.05) is 4.72 Å². The number of halogens is 4. The van der Waals surface area contributed by atoms with Crippen molar-refractivity contribution in [3.05, 3.63) is 52.8 Å². The summed E-state index contributed by atoms with van der Waals surface area (Å²) in [5.74, 6) is -3.01. The standard InChI is InChI=1S/C12H8ClF3N2O2S/c13-8-3-7(15)4-9(16)12(8)18-21(19,20)11-5-6(14)1-2-10(11)17/h1-5,18H,17H2. The van der Waals surface area contributed by atoms with Crippen LogP contribution in [0.3, 0.4) is 0 Å². The Kier molecular flexibility index (Phi) is 4.02. The Bertz CT molecular complexity index is 789. The summed E-state index contributed by atoms with van der Waals surface area (Å²) >= 11 is 5.59. The second-order valence-electron chi connectivity index (χ2n) is 4.03. The third-order valence-corrected chi connectivity index (χ3v) is 4.21. The number of sulfonamides is 1. The highest BCUT2D eigenvalue weighted by Gasteiger charge is 2.22. The first kappa shape index (κ1) is 15.5. The molecule has 0 saturated carbocycles. The molecule has 112 valence electrons. The van der Waals surface area contributed by atoms with E-state index in [0.717, 1.165) is 18.2 Å². The highest BCUT2D eigenvalue weighted by molar-refractivity contribution is 7.92. The van der Waals surface area contributed by atoms with E-state index in [4.69, 9.17) is 17.3 Å². The van der Waals surface area contributed by atoms with Gasteiger partial charge in [-0.05, 0) is 24.3 Å². The first-order valence-corrected chi connectivity index (χ1v) is 7.29. The van der Waals surface area contributed by atoms with Gasteiger partial charge < -0.3 is 5.73 Å². The molecule has 2 aromatic rings. The zero-order valence-corrected chi connectivity index (χ0v) is 11.8. The first-order valence-electron chi connectivity index (χ1n) is 5.43. The molecular formula is C12H8ClF3N2O2S. The maximum atomic E-state index is 13.6. The number of hydrogen-bond acceptors (Lipinski definition) is 3. The van der Waals surface area contributed by atoms with Crippen LogP contribution in [0.25, 0.3) is 0 Å². The fourth-order valence-corrected chi connectivity index (χ4v) is 3.10. The molecule has 0 amide bonds. The average Bonchev–Trinajstić information content (AvgIpc) is 2.36. The fourth-order valence-electron chi connectivity index (χ4n) is 1.57. The van der Waals surface area contributed by atoms with Crippen molar-refractivity contribution >= 4 is 33.0 Å². The van der Waals surface area contributed by atoms with Crippen molar-refractivity contribution in [1.82, 2.24) is 0 Å². The van der Waals surface area contributed by atoms with Gasteiger partial charge in [0.25, 0.3) is 10.0 Å². The number of hydrogen-bond donors (Lipinski definition) is 2. The van der Waals surface area contributed by atoms with Crippen molar-refractivity contribution in [2.75, 3.05) is 10.5 Å². The molecule has 0 radical (unpaired) electrons. The lowest BCUT2D eigenvalue weighted by molar-refractivity contribution is 0.582. The molecule has 21 heavy (non-hydrogen) atoms. The summed E-state index contributed by atoms with van der Waals surface area (Å²) in [5, 5.41) is -0.481. The Hall–Kier alpha value is -1.93. The van der Waals surface area contributed by atoms with E-state index >= 15 is 0 Å². The molecule has 4 nitrogen and oxygen atoms in total. The van der Waals surface area contributed by atoms with Gasteiger partial charge in [-0.1, -0.05) is 11.6 Å². The van der Waals surface area contributed by atoms with Gasteiger partial charge in [0.15, 0.2) is 5.82 Å². The van der Waals surface area contributed by atoms with Gasteiger partial charge in [-0.15, -0.1) is 0 Å². The largest absolute Gasteiger partial charge is 0.398 e. The highest BCUT2D eigenvalue weighted by atomic mass is 35.5. The van der Waals surface area contributed by atoms with E-state index in [1.54, 1.807) is 0 Å². The lowest BCUT2D eigenvalue weighted by Gasteiger charge is -2.12. The summed E-state index contributed by atoms with van der Waals surface area (Å²) in [4.78, 5) is -0.581.